The Morgan fingerprint density at radius 1 is 0.862 bits per heavy atom. The average Bonchev–Trinajstić information content (AvgIpc) is 3.99. The number of aryl methyl sites for hydroxylation is 2. The number of carbonyl (C=O) groups excluding carboxylic acids is 3. The molecule has 0 aromatic carbocycles. The number of hydrogen-bond acceptors (Lipinski definition) is 5. The number of ether oxygens (including phenoxy) is 2. The van der Waals surface area contributed by atoms with E-state index in [2.05, 4.69) is 91.0 Å². The van der Waals surface area contributed by atoms with Gasteiger partial charge in [-0.3, -0.25) is 14.4 Å². The molecule has 3 aliphatic rings. The first-order valence-electron chi connectivity index (χ1n) is 24.1. The average molecular weight is 896 g/mol. The summed E-state index contributed by atoms with van der Waals surface area (Å²) in [6.45, 7) is 26.2. The van der Waals surface area contributed by atoms with E-state index in [1.807, 2.05) is 25.1 Å². The number of fused-ring (bicyclic) bond motifs is 8. The van der Waals surface area contributed by atoms with Gasteiger partial charge in [0.1, 0.15) is 12.5 Å². The van der Waals surface area contributed by atoms with Gasteiger partial charge in [-0.1, -0.05) is 116 Å². The van der Waals surface area contributed by atoms with E-state index in [-0.39, 0.29) is 59.7 Å². The fourth-order valence-corrected chi connectivity index (χ4v) is 10.3. The summed E-state index contributed by atoms with van der Waals surface area (Å²) in [7, 11) is 1.31. The third-order valence-electron chi connectivity index (χ3n) is 14.4. The number of ketones is 1. The Morgan fingerprint density at radius 2 is 1.51 bits per heavy atom. The molecule has 2 aliphatic heterocycles. The normalized spacial score (nSPS) is 17.9. The fourth-order valence-electron chi connectivity index (χ4n) is 10.3. The van der Waals surface area contributed by atoms with Gasteiger partial charge >= 0.3 is 35.0 Å². The maximum atomic E-state index is 14.4. The summed E-state index contributed by atoms with van der Waals surface area (Å²) in [6, 6.07) is 6.14. The number of allylic oxidation sites excluding steroid dienone is 3. The molecule has 3 aromatic heterocycles. The van der Waals surface area contributed by atoms with Gasteiger partial charge < -0.3 is 19.4 Å². The standard InChI is InChI=1S/C55H73N4O5.Mg/c1-13-39-35(8)42-28-44-37(10)41(24-25-48(60)64-27-26-34(7)23-17-22-33(6)21-16-20-32(5)19-15-18-31(3)4)52(58-44)50-51(55(62)63-12)54(61)49-38(11)45(59-53(49)50)30-47-40(14-2)36(9)43(57-47)29-46(39)56-42;/h13,26,28-33,37,41,51H,1,14-25,27H2,2-12H3,(H-,56,57,58,59,61);/q-1;+2/p+1. The molecule has 6 rings (SSSR count). The molecule has 0 spiro atoms. The van der Waals surface area contributed by atoms with Crippen molar-refractivity contribution < 1.29 is 33.8 Å². The van der Waals surface area contributed by atoms with Crippen LogP contribution in [0.2, 0.25) is 0 Å². The Morgan fingerprint density at radius 3 is 2.15 bits per heavy atom. The smallest absolute Gasteiger partial charge is 0.657 e. The van der Waals surface area contributed by atoms with Crippen LogP contribution < -0.4 is 19.9 Å². The fraction of sp³-hybridized carbons (Fsp3) is 0.545. The maximum Gasteiger partial charge on any atom is 2.00 e. The molecule has 9 nitrogen and oxygen atoms in total. The summed E-state index contributed by atoms with van der Waals surface area (Å²) in [5.41, 5.74) is 13.3. The number of aromatic nitrogens is 4. The number of aromatic amines is 2. The molecule has 1 aliphatic carbocycles. The van der Waals surface area contributed by atoms with Crippen LogP contribution in [0.4, 0.5) is 0 Å². The summed E-state index contributed by atoms with van der Waals surface area (Å²) in [5.74, 6) is -0.467. The first kappa shape index (κ1) is 51.7. The number of nitrogens with zero attached hydrogens (tertiary/aromatic N) is 2. The van der Waals surface area contributed by atoms with Crippen LogP contribution in [0.25, 0.3) is 39.3 Å². The van der Waals surface area contributed by atoms with Gasteiger partial charge in [-0.15, -0.1) is 22.1 Å². The van der Waals surface area contributed by atoms with E-state index in [1.165, 1.54) is 57.6 Å². The number of H-pyrrole nitrogens is 2. The van der Waals surface area contributed by atoms with Crippen molar-refractivity contribution in [1.29, 1.82) is 0 Å². The maximum absolute atomic E-state index is 14.4. The minimum absolute atomic E-state index is 0. The van der Waals surface area contributed by atoms with E-state index in [0.29, 0.717) is 39.8 Å². The van der Waals surface area contributed by atoms with Crippen molar-refractivity contribution in [2.45, 2.75) is 164 Å². The predicted octanol–water partition coefficient (Wildman–Crippen LogP) is 11.7. The second kappa shape index (κ2) is 22.9. The number of methoxy groups -OCH3 is 1. The van der Waals surface area contributed by atoms with Crippen molar-refractivity contribution in [2.24, 2.45) is 17.8 Å². The Labute approximate surface area is 404 Å². The zero-order valence-corrected chi connectivity index (χ0v) is 42.8. The van der Waals surface area contributed by atoms with Crippen molar-refractivity contribution in [3.05, 3.63) is 87.0 Å². The second-order valence-corrected chi connectivity index (χ2v) is 19.6. The second-order valence-electron chi connectivity index (χ2n) is 19.6. The minimum atomic E-state index is -1.18. The van der Waals surface area contributed by atoms with E-state index in [4.69, 9.17) is 19.4 Å². The van der Waals surface area contributed by atoms with Crippen molar-refractivity contribution >= 4 is 80.1 Å². The summed E-state index contributed by atoms with van der Waals surface area (Å²) in [6.07, 6.45) is 16.6. The van der Waals surface area contributed by atoms with Crippen LogP contribution in [0, 0.1) is 31.6 Å². The molecule has 5 heterocycles. The van der Waals surface area contributed by atoms with Gasteiger partial charge in [-0.25, -0.2) is 9.97 Å². The zero-order chi connectivity index (χ0) is 46.4. The van der Waals surface area contributed by atoms with Crippen LogP contribution in [0.5, 0.6) is 0 Å². The van der Waals surface area contributed by atoms with Crippen LogP contribution in [-0.2, 0) is 19.1 Å². The first-order chi connectivity index (χ1) is 30.6. The number of esters is 2. The van der Waals surface area contributed by atoms with Gasteiger partial charge in [0.25, 0.3) is 0 Å². The van der Waals surface area contributed by atoms with E-state index >= 15 is 0 Å². The quantitative estimate of drug-likeness (QED) is 0.0478. The molecular formula is C55H74MgN4O5+2. The molecule has 0 radical (unpaired) electrons. The molecule has 0 saturated carbocycles. The molecule has 0 amide bonds. The van der Waals surface area contributed by atoms with Gasteiger partial charge in [0.2, 0.25) is 11.4 Å². The Hall–Kier alpha value is -4.28. The molecular weight excluding hydrogens is 821 g/mol. The number of Topliss-reactive ketones (excluding diaryl/α,β-unsaturated/α-hetero) is 1. The van der Waals surface area contributed by atoms with E-state index in [9.17, 15) is 14.4 Å². The van der Waals surface area contributed by atoms with Crippen molar-refractivity contribution in [3.63, 3.8) is 0 Å². The minimum Gasteiger partial charge on any atom is -0.657 e. The van der Waals surface area contributed by atoms with Crippen LogP contribution in [-0.4, -0.2) is 54.5 Å². The molecule has 344 valence electrons. The van der Waals surface area contributed by atoms with Gasteiger partial charge in [-0.05, 0) is 101 Å². The van der Waals surface area contributed by atoms with E-state index in [0.717, 1.165) is 87.4 Å². The van der Waals surface area contributed by atoms with E-state index in [1.54, 1.807) is 0 Å². The van der Waals surface area contributed by atoms with Gasteiger partial charge in [0.05, 0.1) is 18.9 Å². The topological polar surface area (TPSA) is 126 Å². The molecule has 5 atom stereocenters. The largest absolute Gasteiger partial charge is 2.00 e. The molecule has 0 saturated heterocycles. The van der Waals surface area contributed by atoms with Gasteiger partial charge in [-0.2, -0.15) is 0 Å². The molecule has 10 heteroatoms. The SMILES string of the molecule is C=Cc1c(C)c2cc3[nH+]c(c4c5[n-]c(cc6[nH+]c(cc1[n-]2)C(C)=C6CC)c(C)c5C(=O)C4C(=O)OC)C(CCC(=O)OCC=C(C)CCCC(C)CCCC(C)CCCC(C)C)C3C.[Mg+2]. The monoisotopic (exact) mass is 895 g/mol. The third kappa shape index (κ3) is 11.6. The number of hydrogen-bond donors (Lipinski definition) is 0. The Balaban J connectivity index is 0.00000793. The zero-order valence-electron chi connectivity index (χ0n) is 41.4. The predicted molar refractivity (Wildman–Crippen MR) is 263 cm³/mol. The third-order valence-corrected chi connectivity index (χ3v) is 14.4. The van der Waals surface area contributed by atoms with Crippen molar-refractivity contribution in [2.75, 3.05) is 13.7 Å². The number of nitrogens with one attached hydrogen (secondary N) is 2. The number of rotatable bonds is 20. The molecule has 65 heavy (non-hydrogen) atoms. The van der Waals surface area contributed by atoms with Crippen LogP contribution in [0.3, 0.4) is 0 Å². The molecule has 3 aromatic rings. The van der Waals surface area contributed by atoms with Crippen molar-refractivity contribution in [3.8, 4) is 0 Å². The molecule has 2 N–H and O–H groups in total. The Bertz CT molecular complexity index is 2490. The summed E-state index contributed by atoms with van der Waals surface area (Å²) < 4.78 is 11.1. The summed E-state index contributed by atoms with van der Waals surface area (Å²) in [4.78, 5) is 59.0. The van der Waals surface area contributed by atoms with Crippen LogP contribution in [0.15, 0.2) is 36.4 Å². The van der Waals surface area contributed by atoms with Gasteiger partial charge in [0.15, 0.2) is 17.2 Å². The van der Waals surface area contributed by atoms with Crippen LogP contribution >= 0.6 is 0 Å². The first-order valence-corrected chi connectivity index (χ1v) is 24.1. The molecule has 8 bridgehead atoms. The van der Waals surface area contributed by atoms with Crippen molar-refractivity contribution in [1.82, 2.24) is 9.97 Å². The molecule has 5 unspecified atom stereocenters. The van der Waals surface area contributed by atoms with Gasteiger partial charge in [0, 0.05) is 28.7 Å². The summed E-state index contributed by atoms with van der Waals surface area (Å²) >= 11 is 0. The molecule has 0 fully saturated rings. The van der Waals surface area contributed by atoms with Crippen LogP contribution in [0.1, 0.15) is 206 Å². The van der Waals surface area contributed by atoms with E-state index < -0.39 is 11.9 Å². The number of carbonyl (C=O) groups is 3. The Kier molecular flexibility index (Phi) is 18.3. The summed E-state index contributed by atoms with van der Waals surface area (Å²) in [5, 5.41) is 0.